The van der Waals surface area contributed by atoms with Crippen molar-refractivity contribution in [2.45, 2.75) is 19.4 Å². The van der Waals surface area contributed by atoms with Gasteiger partial charge in [-0.25, -0.2) is 4.98 Å². The number of ether oxygens (including phenoxy) is 2. The maximum Gasteiger partial charge on any atom is 0.263 e. The number of rotatable bonds is 7. The third-order valence-corrected chi connectivity index (χ3v) is 5.39. The Morgan fingerprint density at radius 1 is 1.00 bits per heavy atom. The topological polar surface area (TPSA) is 65.4 Å². The Balaban J connectivity index is 1.64. The first-order valence-electron chi connectivity index (χ1n) is 10.2. The van der Waals surface area contributed by atoms with E-state index in [0.29, 0.717) is 22.7 Å². The van der Waals surface area contributed by atoms with Gasteiger partial charge in [0, 0.05) is 5.69 Å². The first kappa shape index (κ1) is 20.5. The molecule has 0 saturated carbocycles. The van der Waals surface area contributed by atoms with Crippen molar-refractivity contribution in [1.82, 2.24) is 9.55 Å². The third-order valence-electron chi connectivity index (χ3n) is 5.39. The molecule has 31 heavy (non-hydrogen) atoms. The molecule has 1 unspecified atom stereocenters. The van der Waals surface area contributed by atoms with Crippen LogP contribution in [0.4, 0.5) is 5.69 Å². The first-order valence-corrected chi connectivity index (χ1v) is 10.2. The summed E-state index contributed by atoms with van der Waals surface area (Å²) >= 11 is 0. The summed E-state index contributed by atoms with van der Waals surface area (Å²) in [5.74, 6) is 0.607. The monoisotopic (exact) mass is 415 g/mol. The number of anilines is 1. The van der Waals surface area contributed by atoms with Gasteiger partial charge in [0.1, 0.15) is 17.1 Å². The second-order valence-corrected chi connectivity index (χ2v) is 7.18. The van der Waals surface area contributed by atoms with Crippen LogP contribution < -0.4 is 14.8 Å². The fourth-order valence-corrected chi connectivity index (χ4v) is 3.89. The molecule has 0 aliphatic heterocycles. The van der Waals surface area contributed by atoms with Crippen molar-refractivity contribution in [3.8, 4) is 11.5 Å². The summed E-state index contributed by atoms with van der Waals surface area (Å²) in [6.07, 6.45) is 2.81. The van der Waals surface area contributed by atoms with E-state index in [1.54, 1.807) is 18.2 Å². The Morgan fingerprint density at radius 3 is 2.35 bits per heavy atom. The Labute approximate surface area is 181 Å². The fourth-order valence-electron chi connectivity index (χ4n) is 3.89. The maximum absolute atomic E-state index is 13.0. The van der Waals surface area contributed by atoms with Crippen molar-refractivity contribution >= 4 is 22.6 Å². The average molecular weight is 415 g/mol. The molecular formula is C25H25N3O3. The van der Waals surface area contributed by atoms with Crippen LogP contribution in [-0.2, 0) is 0 Å². The highest BCUT2D eigenvalue weighted by atomic mass is 16.5. The minimum Gasteiger partial charge on any atom is -0.496 e. The van der Waals surface area contributed by atoms with Crippen LogP contribution in [-0.4, -0.2) is 29.7 Å². The van der Waals surface area contributed by atoms with Crippen LogP contribution in [0.15, 0.2) is 73.1 Å². The molecule has 1 atom stereocenters. The molecule has 0 saturated heterocycles. The summed E-state index contributed by atoms with van der Waals surface area (Å²) in [6.45, 7) is 2.17. The lowest BCUT2D eigenvalue weighted by Crippen LogP contribution is -2.14. The zero-order valence-corrected chi connectivity index (χ0v) is 17.8. The Hall–Kier alpha value is -3.80. The van der Waals surface area contributed by atoms with E-state index in [1.807, 2.05) is 30.6 Å². The van der Waals surface area contributed by atoms with Crippen molar-refractivity contribution in [1.29, 1.82) is 0 Å². The molecule has 1 amide bonds. The van der Waals surface area contributed by atoms with Gasteiger partial charge in [-0.05, 0) is 42.3 Å². The Kier molecular flexibility index (Phi) is 5.89. The maximum atomic E-state index is 13.0. The summed E-state index contributed by atoms with van der Waals surface area (Å²) in [5.41, 5.74) is 4.09. The number of hydrogen-bond acceptors (Lipinski definition) is 4. The molecular weight excluding hydrogens is 390 g/mol. The number of amides is 1. The van der Waals surface area contributed by atoms with Crippen LogP contribution in [0, 0.1) is 0 Å². The lowest BCUT2D eigenvalue weighted by atomic mass is 10.0. The summed E-state index contributed by atoms with van der Waals surface area (Å²) in [6, 6.07) is 21.6. The third kappa shape index (κ3) is 3.97. The smallest absolute Gasteiger partial charge is 0.263 e. The van der Waals surface area contributed by atoms with Gasteiger partial charge in [-0.2, -0.15) is 0 Å². The minimum absolute atomic E-state index is 0.199. The van der Waals surface area contributed by atoms with Crippen molar-refractivity contribution in [2.24, 2.45) is 0 Å². The molecule has 0 radical (unpaired) electrons. The number of nitrogens with one attached hydrogen (secondary N) is 1. The van der Waals surface area contributed by atoms with Crippen LogP contribution in [0.1, 0.15) is 35.3 Å². The van der Waals surface area contributed by atoms with E-state index in [4.69, 9.17) is 9.47 Å². The van der Waals surface area contributed by atoms with Gasteiger partial charge in [-0.3, -0.25) is 4.79 Å². The SMILES string of the molecule is CCC(c1ccccc1)n1cnc2cc(NC(=O)c3c(OC)cccc3OC)ccc21. The largest absolute Gasteiger partial charge is 0.496 e. The zero-order valence-electron chi connectivity index (χ0n) is 17.8. The second kappa shape index (κ2) is 8.92. The van der Waals surface area contributed by atoms with Gasteiger partial charge < -0.3 is 19.4 Å². The van der Waals surface area contributed by atoms with Crippen LogP contribution in [0.3, 0.4) is 0 Å². The lowest BCUT2D eigenvalue weighted by Gasteiger charge is -2.18. The zero-order chi connectivity index (χ0) is 21.8. The van der Waals surface area contributed by atoms with E-state index in [2.05, 4.69) is 46.1 Å². The highest BCUT2D eigenvalue weighted by Gasteiger charge is 2.19. The Bertz CT molecular complexity index is 1180. The molecule has 1 aromatic heterocycles. The van der Waals surface area contributed by atoms with E-state index < -0.39 is 0 Å². The van der Waals surface area contributed by atoms with Gasteiger partial charge >= 0.3 is 0 Å². The molecule has 0 aliphatic rings. The molecule has 6 nitrogen and oxygen atoms in total. The van der Waals surface area contributed by atoms with Crippen LogP contribution in [0.2, 0.25) is 0 Å². The number of fused-ring (bicyclic) bond motifs is 1. The van der Waals surface area contributed by atoms with Crippen molar-refractivity contribution in [3.05, 3.63) is 84.2 Å². The molecule has 1 heterocycles. The number of imidazole rings is 1. The van der Waals surface area contributed by atoms with Crippen LogP contribution in [0.25, 0.3) is 11.0 Å². The van der Waals surface area contributed by atoms with E-state index >= 15 is 0 Å². The number of aromatic nitrogens is 2. The summed E-state index contributed by atoms with van der Waals surface area (Å²) in [7, 11) is 3.06. The molecule has 0 aliphatic carbocycles. The van der Waals surface area contributed by atoms with Gasteiger partial charge in [0.15, 0.2) is 0 Å². The molecule has 0 fully saturated rings. The first-order chi connectivity index (χ1) is 15.2. The average Bonchev–Trinajstić information content (AvgIpc) is 3.22. The number of carbonyl (C=O) groups is 1. The highest BCUT2D eigenvalue weighted by Crippen LogP contribution is 2.30. The fraction of sp³-hybridized carbons (Fsp3) is 0.200. The molecule has 1 N–H and O–H groups in total. The van der Waals surface area contributed by atoms with E-state index in [0.717, 1.165) is 17.5 Å². The van der Waals surface area contributed by atoms with Gasteiger partial charge in [-0.15, -0.1) is 0 Å². The van der Waals surface area contributed by atoms with E-state index in [-0.39, 0.29) is 11.9 Å². The second-order valence-electron chi connectivity index (χ2n) is 7.18. The normalized spacial score (nSPS) is 11.8. The predicted molar refractivity (Wildman–Crippen MR) is 122 cm³/mol. The van der Waals surface area contributed by atoms with Crippen molar-refractivity contribution in [3.63, 3.8) is 0 Å². The van der Waals surface area contributed by atoms with E-state index in [9.17, 15) is 4.79 Å². The number of nitrogens with zero attached hydrogens (tertiary/aromatic N) is 2. The number of hydrogen-bond donors (Lipinski definition) is 1. The standard InChI is InChI=1S/C25H25N3O3/c1-4-20(17-9-6-5-7-10-17)28-16-26-19-15-18(13-14-21(19)28)27-25(29)24-22(30-2)11-8-12-23(24)31-3/h5-16,20H,4H2,1-3H3,(H,27,29). The molecule has 158 valence electrons. The van der Waals surface area contributed by atoms with Gasteiger partial charge in [0.2, 0.25) is 0 Å². The Morgan fingerprint density at radius 2 is 1.71 bits per heavy atom. The van der Waals surface area contributed by atoms with Gasteiger partial charge in [-0.1, -0.05) is 43.3 Å². The van der Waals surface area contributed by atoms with Gasteiger partial charge in [0.05, 0.1) is 37.6 Å². The number of methoxy groups -OCH3 is 2. The number of benzene rings is 3. The van der Waals surface area contributed by atoms with Crippen molar-refractivity contribution in [2.75, 3.05) is 19.5 Å². The molecule has 4 aromatic rings. The van der Waals surface area contributed by atoms with E-state index in [1.165, 1.54) is 19.8 Å². The molecule has 0 spiro atoms. The lowest BCUT2D eigenvalue weighted by molar-refractivity contribution is 0.102. The molecule has 4 rings (SSSR count). The quantitative estimate of drug-likeness (QED) is 0.445. The summed E-state index contributed by atoms with van der Waals surface area (Å²) < 4.78 is 12.9. The predicted octanol–water partition coefficient (Wildman–Crippen LogP) is 5.31. The molecule has 3 aromatic carbocycles. The van der Waals surface area contributed by atoms with Crippen LogP contribution >= 0.6 is 0 Å². The van der Waals surface area contributed by atoms with Crippen molar-refractivity contribution < 1.29 is 14.3 Å². The summed E-state index contributed by atoms with van der Waals surface area (Å²) in [5, 5.41) is 2.94. The molecule has 0 bridgehead atoms. The number of carbonyl (C=O) groups excluding carboxylic acids is 1. The highest BCUT2D eigenvalue weighted by molar-refractivity contribution is 6.08. The minimum atomic E-state index is -0.302. The summed E-state index contributed by atoms with van der Waals surface area (Å²) in [4.78, 5) is 17.5. The molecule has 6 heteroatoms. The van der Waals surface area contributed by atoms with Gasteiger partial charge in [0.25, 0.3) is 5.91 Å². The van der Waals surface area contributed by atoms with Crippen LogP contribution in [0.5, 0.6) is 11.5 Å².